The highest BCUT2D eigenvalue weighted by Crippen LogP contribution is 2.44. The molecule has 2 amide bonds. The highest BCUT2D eigenvalue weighted by molar-refractivity contribution is 6.32. The van der Waals surface area contributed by atoms with Crippen LogP contribution < -0.4 is 19.7 Å². The highest BCUT2D eigenvalue weighted by Gasteiger charge is 2.49. The maximum absolute atomic E-state index is 13.0. The molecule has 0 aliphatic carbocycles. The van der Waals surface area contributed by atoms with E-state index in [4.69, 9.17) is 25.8 Å². The number of amides is 2. The summed E-state index contributed by atoms with van der Waals surface area (Å²) in [5, 5.41) is 3.26. The fourth-order valence-electron chi connectivity index (χ4n) is 3.27. The summed E-state index contributed by atoms with van der Waals surface area (Å²) in [7, 11) is 3.00. The standard InChI is InChI=1S/C20H29ClN2O5/c1-13(2)28-10-6-9-22-19(25)20(3)8-7-18(24)23(20)15-11-14(21)16(26-4)12-17(15)27-5/h11-13H,6-10H2,1-5H3,(H,22,25)/t20-/m0/s1. The van der Waals surface area contributed by atoms with E-state index in [-0.39, 0.29) is 24.3 Å². The van der Waals surface area contributed by atoms with E-state index >= 15 is 0 Å². The largest absolute Gasteiger partial charge is 0.495 e. The molecule has 1 aromatic rings. The first kappa shape index (κ1) is 22.3. The number of hydrogen-bond donors (Lipinski definition) is 1. The van der Waals surface area contributed by atoms with Crippen molar-refractivity contribution in [2.75, 3.05) is 32.3 Å². The molecule has 1 saturated heterocycles. The second-order valence-corrected chi connectivity index (χ2v) is 7.60. The Morgan fingerprint density at radius 3 is 2.57 bits per heavy atom. The van der Waals surface area contributed by atoms with Crippen LogP contribution in [0.2, 0.25) is 5.02 Å². The van der Waals surface area contributed by atoms with Crippen LogP contribution in [0.4, 0.5) is 5.69 Å². The Bertz CT molecular complexity index is 725. The average molecular weight is 413 g/mol. The van der Waals surface area contributed by atoms with Gasteiger partial charge in [-0.2, -0.15) is 0 Å². The molecule has 1 heterocycles. The molecule has 0 unspecified atom stereocenters. The second-order valence-electron chi connectivity index (χ2n) is 7.19. The third-order valence-corrected chi connectivity index (χ3v) is 5.11. The molecule has 1 atom stereocenters. The van der Waals surface area contributed by atoms with Crippen molar-refractivity contribution in [3.8, 4) is 11.5 Å². The maximum Gasteiger partial charge on any atom is 0.246 e. The second kappa shape index (κ2) is 9.47. The average Bonchev–Trinajstić information content (AvgIpc) is 2.96. The van der Waals surface area contributed by atoms with E-state index in [0.29, 0.717) is 48.2 Å². The lowest BCUT2D eigenvalue weighted by molar-refractivity contribution is -0.127. The van der Waals surface area contributed by atoms with Crippen LogP contribution >= 0.6 is 11.6 Å². The van der Waals surface area contributed by atoms with Gasteiger partial charge in [-0.15, -0.1) is 0 Å². The van der Waals surface area contributed by atoms with Crippen LogP contribution in [0, 0.1) is 0 Å². The van der Waals surface area contributed by atoms with Gasteiger partial charge in [-0.1, -0.05) is 11.6 Å². The van der Waals surface area contributed by atoms with E-state index < -0.39 is 5.54 Å². The summed E-state index contributed by atoms with van der Waals surface area (Å²) in [6.07, 6.45) is 1.54. The number of benzene rings is 1. The number of nitrogens with zero attached hydrogens (tertiary/aromatic N) is 1. The number of rotatable bonds is 9. The lowest BCUT2D eigenvalue weighted by atomic mass is 9.96. The van der Waals surface area contributed by atoms with Crippen molar-refractivity contribution in [3.63, 3.8) is 0 Å². The van der Waals surface area contributed by atoms with Crippen molar-refractivity contribution in [1.82, 2.24) is 5.32 Å². The number of ether oxygens (including phenoxy) is 3. The smallest absolute Gasteiger partial charge is 0.246 e. The quantitative estimate of drug-likeness (QED) is 0.630. The molecule has 0 spiro atoms. The molecule has 8 heteroatoms. The summed E-state index contributed by atoms with van der Waals surface area (Å²) in [4.78, 5) is 27.1. The highest BCUT2D eigenvalue weighted by atomic mass is 35.5. The monoisotopic (exact) mass is 412 g/mol. The van der Waals surface area contributed by atoms with Crippen LogP contribution in [-0.4, -0.2) is 50.8 Å². The Balaban J connectivity index is 2.22. The van der Waals surface area contributed by atoms with Crippen LogP contribution in [0.5, 0.6) is 11.5 Å². The molecule has 1 N–H and O–H groups in total. The summed E-state index contributed by atoms with van der Waals surface area (Å²) < 4.78 is 16.1. The molecule has 0 radical (unpaired) electrons. The zero-order valence-corrected chi connectivity index (χ0v) is 17.9. The van der Waals surface area contributed by atoms with E-state index in [1.807, 2.05) is 13.8 Å². The van der Waals surface area contributed by atoms with Crippen LogP contribution in [0.25, 0.3) is 0 Å². The van der Waals surface area contributed by atoms with Gasteiger partial charge in [0, 0.05) is 25.6 Å². The molecular formula is C20H29ClN2O5. The predicted molar refractivity (Wildman–Crippen MR) is 108 cm³/mol. The Morgan fingerprint density at radius 2 is 1.96 bits per heavy atom. The topological polar surface area (TPSA) is 77.1 Å². The molecule has 1 aliphatic rings. The number of anilines is 1. The van der Waals surface area contributed by atoms with Gasteiger partial charge in [0.15, 0.2) is 0 Å². The minimum Gasteiger partial charge on any atom is -0.495 e. The van der Waals surface area contributed by atoms with Crippen LogP contribution in [0.1, 0.15) is 40.0 Å². The third kappa shape index (κ3) is 4.70. The fraction of sp³-hybridized carbons (Fsp3) is 0.600. The number of carbonyl (C=O) groups is 2. The molecule has 1 aromatic carbocycles. The van der Waals surface area contributed by atoms with E-state index in [9.17, 15) is 9.59 Å². The van der Waals surface area contributed by atoms with Gasteiger partial charge in [-0.3, -0.25) is 14.5 Å². The number of hydrogen-bond acceptors (Lipinski definition) is 5. The molecule has 0 aromatic heterocycles. The lowest BCUT2D eigenvalue weighted by Crippen LogP contribution is -2.55. The SMILES string of the molecule is COc1cc(OC)c(N2C(=O)CC[C@@]2(C)C(=O)NCCCOC(C)C)cc1Cl. The van der Waals surface area contributed by atoms with Crippen molar-refractivity contribution in [2.24, 2.45) is 0 Å². The van der Waals surface area contributed by atoms with E-state index in [1.54, 1.807) is 19.1 Å². The molecule has 2 rings (SSSR count). The number of halogens is 1. The lowest BCUT2D eigenvalue weighted by Gasteiger charge is -2.35. The van der Waals surface area contributed by atoms with Crippen molar-refractivity contribution in [3.05, 3.63) is 17.2 Å². The van der Waals surface area contributed by atoms with Gasteiger partial charge in [0.05, 0.1) is 31.0 Å². The van der Waals surface area contributed by atoms with Gasteiger partial charge in [0.2, 0.25) is 11.8 Å². The number of methoxy groups -OCH3 is 2. The van der Waals surface area contributed by atoms with Crippen molar-refractivity contribution in [2.45, 2.75) is 51.7 Å². The Kier molecular flexibility index (Phi) is 7.55. The van der Waals surface area contributed by atoms with E-state index in [0.717, 1.165) is 0 Å². The van der Waals surface area contributed by atoms with Crippen molar-refractivity contribution in [1.29, 1.82) is 0 Å². The van der Waals surface area contributed by atoms with Crippen molar-refractivity contribution >= 4 is 29.1 Å². The summed E-state index contributed by atoms with van der Waals surface area (Å²) in [5.74, 6) is 0.489. The minimum atomic E-state index is -1.03. The fourth-order valence-corrected chi connectivity index (χ4v) is 3.50. The first-order valence-corrected chi connectivity index (χ1v) is 9.77. The summed E-state index contributed by atoms with van der Waals surface area (Å²) >= 11 is 6.27. The maximum atomic E-state index is 13.0. The molecule has 7 nitrogen and oxygen atoms in total. The molecule has 0 bridgehead atoms. The van der Waals surface area contributed by atoms with Crippen LogP contribution in [-0.2, 0) is 14.3 Å². The summed E-state index contributed by atoms with van der Waals surface area (Å²) in [5.41, 5.74) is -0.571. The molecule has 0 saturated carbocycles. The van der Waals surface area contributed by atoms with Crippen LogP contribution in [0.3, 0.4) is 0 Å². The van der Waals surface area contributed by atoms with Gasteiger partial charge in [-0.25, -0.2) is 0 Å². The molecule has 156 valence electrons. The first-order valence-electron chi connectivity index (χ1n) is 9.39. The molecule has 28 heavy (non-hydrogen) atoms. The first-order chi connectivity index (χ1) is 13.2. The van der Waals surface area contributed by atoms with Gasteiger partial charge in [0.25, 0.3) is 0 Å². The van der Waals surface area contributed by atoms with Gasteiger partial charge in [-0.05, 0) is 39.7 Å². The van der Waals surface area contributed by atoms with Crippen LogP contribution in [0.15, 0.2) is 12.1 Å². The number of nitrogens with one attached hydrogen (secondary N) is 1. The van der Waals surface area contributed by atoms with E-state index in [2.05, 4.69) is 5.32 Å². The zero-order valence-electron chi connectivity index (χ0n) is 17.1. The Labute approximate surface area is 171 Å². The Morgan fingerprint density at radius 1 is 1.29 bits per heavy atom. The van der Waals surface area contributed by atoms with E-state index in [1.165, 1.54) is 19.1 Å². The zero-order chi connectivity index (χ0) is 20.9. The predicted octanol–water partition coefficient (Wildman–Crippen LogP) is 3.17. The summed E-state index contributed by atoms with van der Waals surface area (Å²) in [6, 6.07) is 3.22. The van der Waals surface area contributed by atoms with Crippen molar-refractivity contribution < 1.29 is 23.8 Å². The minimum absolute atomic E-state index is 0.152. The van der Waals surface area contributed by atoms with Gasteiger partial charge >= 0.3 is 0 Å². The molecule has 1 aliphatic heterocycles. The number of carbonyl (C=O) groups excluding carboxylic acids is 2. The van der Waals surface area contributed by atoms with Gasteiger partial charge < -0.3 is 19.5 Å². The third-order valence-electron chi connectivity index (χ3n) is 4.81. The summed E-state index contributed by atoms with van der Waals surface area (Å²) in [6.45, 7) is 6.74. The normalized spacial score (nSPS) is 19.2. The molecule has 1 fully saturated rings. The van der Waals surface area contributed by atoms with Gasteiger partial charge in [0.1, 0.15) is 17.0 Å². The Hall–Kier alpha value is -1.99. The molecular weight excluding hydrogens is 384 g/mol.